The van der Waals surface area contributed by atoms with Gasteiger partial charge >= 0.3 is 11.9 Å². The first kappa shape index (κ1) is 26.3. The fraction of sp³-hybridized carbons (Fsp3) is 0.636. The van der Waals surface area contributed by atoms with Gasteiger partial charge < -0.3 is 13.9 Å². The Hall–Kier alpha value is -1.66. The average molecular weight is 411 g/mol. The predicted molar refractivity (Wildman–Crippen MR) is 117 cm³/mol. The van der Waals surface area contributed by atoms with Gasteiger partial charge in [-0.3, -0.25) is 0 Å². The van der Waals surface area contributed by atoms with E-state index in [2.05, 4.69) is 33.9 Å². The van der Waals surface area contributed by atoms with Crippen LogP contribution < -0.4 is 0 Å². The number of hydrogen-bond acceptors (Lipinski definition) is 5. The Balaban J connectivity index is 5.50. The van der Waals surface area contributed by atoms with Gasteiger partial charge in [-0.2, -0.15) is 0 Å². The van der Waals surface area contributed by atoms with Gasteiger partial charge in [-0.05, 0) is 45.0 Å². The van der Waals surface area contributed by atoms with Crippen molar-refractivity contribution in [2.45, 2.75) is 72.7 Å². The molecule has 0 N–H and O–H groups in total. The van der Waals surface area contributed by atoms with Crippen molar-refractivity contribution in [1.29, 1.82) is 0 Å². The van der Waals surface area contributed by atoms with E-state index in [1.54, 1.807) is 26.0 Å². The Labute approximate surface area is 172 Å². The molecule has 0 bridgehead atoms. The van der Waals surface area contributed by atoms with Crippen LogP contribution in [0.4, 0.5) is 0 Å². The van der Waals surface area contributed by atoms with Crippen LogP contribution in [-0.2, 0) is 23.5 Å². The highest BCUT2D eigenvalue weighted by Crippen LogP contribution is 2.38. The van der Waals surface area contributed by atoms with Crippen molar-refractivity contribution in [2.75, 3.05) is 13.2 Å². The third-order valence-corrected chi connectivity index (χ3v) is 9.23. The molecule has 0 saturated heterocycles. The second-order valence-electron chi connectivity index (χ2n) is 8.31. The monoisotopic (exact) mass is 410 g/mol. The smallest absolute Gasteiger partial charge is 0.330 e. The van der Waals surface area contributed by atoms with Crippen molar-refractivity contribution in [1.82, 2.24) is 0 Å². The van der Waals surface area contributed by atoms with Crippen LogP contribution in [0.2, 0.25) is 18.1 Å². The van der Waals surface area contributed by atoms with E-state index in [4.69, 9.17) is 13.9 Å². The zero-order chi connectivity index (χ0) is 22.0. The maximum atomic E-state index is 11.8. The number of allylic oxidation sites excluding steroid dienone is 2. The predicted octanol–water partition coefficient (Wildman–Crippen LogP) is 5.20. The van der Waals surface area contributed by atoms with Crippen molar-refractivity contribution in [3.8, 4) is 0 Å². The highest BCUT2D eigenvalue weighted by molar-refractivity contribution is 6.74. The molecule has 0 aromatic carbocycles. The highest BCUT2D eigenvalue weighted by Gasteiger charge is 2.39. The van der Waals surface area contributed by atoms with E-state index < -0.39 is 8.32 Å². The molecule has 0 amide bonds. The summed E-state index contributed by atoms with van der Waals surface area (Å²) in [5, 5.41) is 0.0469. The molecule has 0 aliphatic carbocycles. The molecule has 0 unspecified atom stereocenters. The first-order chi connectivity index (χ1) is 12.8. The van der Waals surface area contributed by atoms with Gasteiger partial charge in [0.2, 0.25) is 0 Å². The zero-order valence-corrected chi connectivity index (χ0v) is 20.0. The van der Waals surface area contributed by atoms with Crippen LogP contribution >= 0.6 is 0 Å². The summed E-state index contributed by atoms with van der Waals surface area (Å²) in [6.07, 6.45) is 8.13. The van der Waals surface area contributed by atoms with E-state index in [0.29, 0.717) is 13.2 Å². The first-order valence-corrected chi connectivity index (χ1v) is 12.8. The topological polar surface area (TPSA) is 61.8 Å². The van der Waals surface area contributed by atoms with E-state index in [1.807, 2.05) is 19.9 Å². The Morgan fingerprint density at radius 1 is 0.964 bits per heavy atom. The fourth-order valence-corrected chi connectivity index (χ4v) is 3.48. The molecule has 0 heterocycles. The second-order valence-corrected chi connectivity index (χ2v) is 13.1. The van der Waals surface area contributed by atoms with Crippen molar-refractivity contribution >= 4 is 20.3 Å². The molecule has 0 aliphatic rings. The molecule has 2 atom stereocenters. The van der Waals surface area contributed by atoms with E-state index in [9.17, 15) is 9.59 Å². The fourth-order valence-electron chi connectivity index (χ4n) is 2.16. The number of rotatable bonds is 10. The van der Waals surface area contributed by atoms with Gasteiger partial charge in [0.05, 0.1) is 19.3 Å². The third-order valence-electron chi connectivity index (χ3n) is 4.76. The van der Waals surface area contributed by atoms with Crippen LogP contribution in [-0.4, -0.2) is 39.6 Å². The third kappa shape index (κ3) is 10.0. The Morgan fingerprint density at radius 3 is 1.93 bits per heavy atom. The lowest BCUT2D eigenvalue weighted by Gasteiger charge is -2.39. The van der Waals surface area contributed by atoms with Crippen molar-refractivity contribution in [2.24, 2.45) is 5.92 Å². The Bertz CT molecular complexity index is 597. The molecule has 0 saturated carbocycles. The largest absolute Gasteiger partial charge is 0.463 e. The molecule has 0 aromatic heterocycles. The molecule has 0 spiro atoms. The first-order valence-electron chi connectivity index (χ1n) is 9.90. The molecule has 160 valence electrons. The van der Waals surface area contributed by atoms with Gasteiger partial charge in [0.1, 0.15) is 0 Å². The van der Waals surface area contributed by atoms with Crippen LogP contribution in [0.5, 0.6) is 0 Å². The van der Waals surface area contributed by atoms with E-state index in [0.717, 1.165) is 5.57 Å². The summed E-state index contributed by atoms with van der Waals surface area (Å²) in [7, 11) is -2.04. The van der Waals surface area contributed by atoms with Gasteiger partial charge in [0, 0.05) is 18.1 Å². The van der Waals surface area contributed by atoms with Crippen LogP contribution in [0.1, 0.15) is 48.5 Å². The highest BCUT2D eigenvalue weighted by atomic mass is 28.4. The van der Waals surface area contributed by atoms with Gasteiger partial charge in [-0.25, -0.2) is 9.59 Å². The number of esters is 2. The van der Waals surface area contributed by atoms with Crippen molar-refractivity contribution in [3.63, 3.8) is 0 Å². The molecule has 0 aromatic rings. The standard InChI is InChI=1S/C22H38O5Si/c1-10-25-20(23)14-12-17(3)16-18(4)19(13-15-21(24)26-11-2)27-28(8,9)22(5,6)7/h12-16,18-19H,10-11H2,1-9H3/b14-12+,15-13+,17-16+/t18-,19-/m0/s1. The maximum Gasteiger partial charge on any atom is 0.330 e. The summed E-state index contributed by atoms with van der Waals surface area (Å²) in [5.41, 5.74) is 0.925. The average Bonchev–Trinajstić information content (AvgIpc) is 2.56. The van der Waals surface area contributed by atoms with Crippen LogP contribution in [0.25, 0.3) is 0 Å². The molecule has 0 radical (unpaired) electrons. The van der Waals surface area contributed by atoms with E-state index in [1.165, 1.54) is 12.2 Å². The summed E-state index contributed by atoms with van der Waals surface area (Å²) < 4.78 is 16.4. The number of carbonyl (C=O) groups is 2. The molecule has 0 aliphatic heterocycles. The Kier molecular flexibility index (Phi) is 11.3. The van der Waals surface area contributed by atoms with Crippen LogP contribution in [0, 0.1) is 5.92 Å². The lowest BCUT2D eigenvalue weighted by molar-refractivity contribution is -0.138. The summed E-state index contributed by atoms with van der Waals surface area (Å²) in [4.78, 5) is 23.2. The molecule has 0 rings (SSSR count). The van der Waals surface area contributed by atoms with E-state index >= 15 is 0 Å². The van der Waals surface area contributed by atoms with Crippen LogP contribution in [0.3, 0.4) is 0 Å². The van der Waals surface area contributed by atoms with Crippen LogP contribution in [0.15, 0.2) is 36.0 Å². The summed E-state index contributed by atoms with van der Waals surface area (Å²) in [6.45, 7) is 19.1. The van der Waals surface area contributed by atoms with E-state index in [-0.39, 0.29) is 29.0 Å². The molecule has 0 fully saturated rings. The summed E-state index contributed by atoms with van der Waals surface area (Å²) in [6, 6.07) is 0. The summed E-state index contributed by atoms with van der Waals surface area (Å²) >= 11 is 0. The Morgan fingerprint density at radius 2 is 1.46 bits per heavy atom. The second kappa shape index (κ2) is 12.0. The van der Waals surface area contributed by atoms with Crippen molar-refractivity contribution in [3.05, 3.63) is 36.0 Å². The van der Waals surface area contributed by atoms with Gasteiger partial charge in [0.25, 0.3) is 0 Å². The molecule has 5 nitrogen and oxygen atoms in total. The van der Waals surface area contributed by atoms with Gasteiger partial charge in [-0.1, -0.05) is 45.4 Å². The molecular weight excluding hydrogens is 372 g/mol. The number of hydrogen-bond donors (Lipinski definition) is 0. The maximum absolute atomic E-state index is 11.8. The minimum Gasteiger partial charge on any atom is -0.463 e. The molecule has 6 heteroatoms. The van der Waals surface area contributed by atoms with Crippen molar-refractivity contribution < 1.29 is 23.5 Å². The lowest BCUT2D eigenvalue weighted by Crippen LogP contribution is -2.44. The molecule has 28 heavy (non-hydrogen) atoms. The number of ether oxygens (including phenoxy) is 2. The lowest BCUT2D eigenvalue weighted by atomic mass is 10.0. The zero-order valence-electron chi connectivity index (χ0n) is 19.0. The quantitative estimate of drug-likeness (QED) is 0.214. The van der Waals surface area contributed by atoms with Gasteiger partial charge in [-0.15, -0.1) is 0 Å². The molecular formula is C22H38O5Si. The minimum absolute atomic E-state index is 0.00615. The SMILES string of the molecule is CCOC(=O)/C=C/C(C)=C/[C@H](C)[C@H](/C=C/C(=O)OCC)O[Si](C)(C)C(C)(C)C. The minimum atomic E-state index is -2.04. The normalized spacial score (nSPS) is 15.7. The number of carbonyl (C=O) groups excluding carboxylic acids is 2. The van der Waals surface area contributed by atoms with Gasteiger partial charge in [0.15, 0.2) is 8.32 Å². The summed E-state index contributed by atoms with van der Waals surface area (Å²) in [5.74, 6) is -0.729.